The fourth-order valence-corrected chi connectivity index (χ4v) is 4.61. The molecule has 11 heteroatoms. The molecule has 2 unspecified atom stereocenters. The molecule has 0 bridgehead atoms. The van der Waals surface area contributed by atoms with Crippen molar-refractivity contribution in [3.8, 4) is 0 Å². The lowest BCUT2D eigenvalue weighted by molar-refractivity contribution is -0.138. The van der Waals surface area contributed by atoms with Gasteiger partial charge in [-0.2, -0.15) is 0 Å². The molecule has 9 nitrogen and oxygen atoms in total. The van der Waals surface area contributed by atoms with Crippen molar-refractivity contribution in [2.75, 3.05) is 71.7 Å². The monoisotopic (exact) mass is 371 g/mol. The van der Waals surface area contributed by atoms with E-state index in [1.54, 1.807) is 4.90 Å². The van der Waals surface area contributed by atoms with Crippen LogP contribution in [-0.4, -0.2) is 107 Å². The van der Waals surface area contributed by atoms with Gasteiger partial charge in [0.25, 0.3) is 0 Å². The molecule has 1 aliphatic rings. The maximum absolute atomic E-state index is 11.6. The summed E-state index contributed by atoms with van der Waals surface area (Å²) in [7, 11) is -6.44. The maximum atomic E-state index is 11.6. The summed E-state index contributed by atoms with van der Waals surface area (Å²) in [6, 6.07) is 0. The maximum Gasteiger partial charge on any atom is 0.317 e. The second-order valence-electron chi connectivity index (χ2n) is 6.29. The summed E-state index contributed by atoms with van der Waals surface area (Å²) in [5, 5.41) is 8.96. The van der Waals surface area contributed by atoms with Gasteiger partial charge >= 0.3 is 5.97 Å². The fourth-order valence-electron chi connectivity index (χ4n) is 2.56. The molecule has 136 valence electrons. The smallest absolute Gasteiger partial charge is 0.317 e. The van der Waals surface area contributed by atoms with Gasteiger partial charge in [-0.1, -0.05) is 0 Å². The van der Waals surface area contributed by atoms with E-state index < -0.39 is 20.7 Å². The number of carboxylic acid groups (broad SMARTS) is 1. The van der Waals surface area contributed by atoms with Crippen molar-refractivity contribution in [1.29, 1.82) is 0 Å². The van der Waals surface area contributed by atoms with Gasteiger partial charge in [0.05, 0.1) is 19.1 Å². The molecule has 0 radical (unpaired) electrons. The van der Waals surface area contributed by atoms with Crippen LogP contribution in [0, 0.1) is 0 Å². The van der Waals surface area contributed by atoms with Crippen LogP contribution < -0.4 is 0 Å². The Balaban J connectivity index is 2.79. The van der Waals surface area contributed by atoms with Crippen LogP contribution in [0.4, 0.5) is 0 Å². The topological polar surface area (TPSA) is 122 Å². The third kappa shape index (κ3) is 10.2. The first-order chi connectivity index (χ1) is 10.4. The van der Waals surface area contributed by atoms with Crippen LogP contribution in [0.3, 0.4) is 0 Å². The zero-order valence-corrected chi connectivity index (χ0v) is 15.5. The summed E-state index contributed by atoms with van der Waals surface area (Å²) in [4.78, 5) is 35.4. The minimum absolute atomic E-state index is 0.0324. The van der Waals surface area contributed by atoms with Crippen LogP contribution in [-0.2, 0) is 13.9 Å². The Labute approximate surface area is 136 Å². The third-order valence-electron chi connectivity index (χ3n) is 3.48. The van der Waals surface area contributed by atoms with Crippen molar-refractivity contribution in [3.05, 3.63) is 0 Å². The lowest BCUT2D eigenvalue weighted by atomic mass is 10.4. The summed E-state index contributed by atoms with van der Waals surface area (Å²) < 4.78 is 23.3. The van der Waals surface area contributed by atoms with E-state index in [0.717, 1.165) is 0 Å². The zero-order chi connectivity index (χ0) is 17.7. The van der Waals surface area contributed by atoms with Crippen LogP contribution in [0.1, 0.15) is 0 Å². The Bertz CT molecular complexity index is 455. The summed E-state index contributed by atoms with van der Waals surface area (Å²) in [5.41, 5.74) is 0. The number of rotatable bonds is 6. The van der Waals surface area contributed by atoms with Gasteiger partial charge in [0.2, 0.25) is 14.7 Å². The first-order valence-electron chi connectivity index (χ1n) is 7.42. The number of hydrogen-bond acceptors (Lipinski definition) is 6. The largest absolute Gasteiger partial charge is 0.480 e. The van der Waals surface area contributed by atoms with E-state index in [1.807, 2.05) is 9.80 Å². The molecule has 1 fully saturated rings. The van der Waals surface area contributed by atoms with Gasteiger partial charge in [0.1, 0.15) is 0 Å². The molecule has 0 amide bonds. The fraction of sp³-hybridized carbons (Fsp3) is 0.917. The average Bonchev–Trinajstić information content (AvgIpc) is 2.40. The standard InChI is InChI=1S/C12H27N3O6P2/c1-22(18,19)10-14-5-3-13(9-12(16)17)4-6-15(8-7-14)11-23(2,20)21/h3-11H2,1-2H3,(H,16,17)(H,18,19)(H,20,21). The second-order valence-corrected chi connectivity index (χ2v) is 11.1. The van der Waals surface area contributed by atoms with E-state index >= 15 is 0 Å². The highest BCUT2D eigenvalue weighted by Gasteiger charge is 2.23. The van der Waals surface area contributed by atoms with E-state index in [-0.39, 0.29) is 19.1 Å². The molecule has 1 heterocycles. The first kappa shape index (κ1) is 20.8. The van der Waals surface area contributed by atoms with Crippen molar-refractivity contribution in [1.82, 2.24) is 14.7 Å². The van der Waals surface area contributed by atoms with Crippen molar-refractivity contribution in [2.45, 2.75) is 0 Å². The van der Waals surface area contributed by atoms with Crippen molar-refractivity contribution >= 4 is 20.7 Å². The highest BCUT2D eigenvalue weighted by Crippen LogP contribution is 2.37. The molecule has 1 saturated heterocycles. The lowest BCUT2D eigenvalue weighted by Gasteiger charge is -2.26. The van der Waals surface area contributed by atoms with Crippen LogP contribution >= 0.6 is 14.7 Å². The molecule has 0 spiro atoms. The van der Waals surface area contributed by atoms with Crippen LogP contribution in [0.2, 0.25) is 0 Å². The molecular formula is C12H27N3O6P2. The zero-order valence-electron chi connectivity index (χ0n) is 13.7. The number of aliphatic carboxylic acids is 1. The third-order valence-corrected chi connectivity index (χ3v) is 5.33. The predicted octanol–water partition coefficient (Wildman–Crippen LogP) is -0.294. The minimum atomic E-state index is -3.22. The van der Waals surface area contributed by atoms with Crippen molar-refractivity contribution < 1.29 is 28.8 Å². The lowest BCUT2D eigenvalue weighted by Crippen LogP contribution is -2.39. The van der Waals surface area contributed by atoms with E-state index in [0.29, 0.717) is 39.3 Å². The molecule has 1 aliphatic heterocycles. The van der Waals surface area contributed by atoms with Crippen LogP contribution in [0.5, 0.6) is 0 Å². The Morgan fingerprint density at radius 1 is 0.826 bits per heavy atom. The van der Waals surface area contributed by atoms with Gasteiger partial charge in [-0.05, 0) is 0 Å². The van der Waals surface area contributed by atoms with E-state index in [1.165, 1.54) is 13.3 Å². The van der Waals surface area contributed by atoms with Crippen molar-refractivity contribution in [3.63, 3.8) is 0 Å². The highest BCUT2D eigenvalue weighted by atomic mass is 31.2. The summed E-state index contributed by atoms with van der Waals surface area (Å²) in [5.74, 6) is -0.936. The van der Waals surface area contributed by atoms with Gasteiger partial charge in [-0.3, -0.25) is 28.6 Å². The number of nitrogens with zero attached hydrogens (tertiary/aromatic N) is 3. The van der Waals surface area contributed by atoms with Gasteiger partial charge < -0.3 is 14.9 Å². The normalized spacial score (nSPS) is 24.9. The van der Waals surface area contributed by atoms with Crippen LogP contribution in [0.25, 0.3) is 0 Å². The molecule has 3 N–H and O–H groups in total. The molecule has 0 aromatic heterocycles. The van der Waals surface area contributed by atoms with Gasteiger partial charge in [-0.15, -0.1) is 0 Å². The molecule has 0 aromatic carbocycles. The first-order valence-corrected chi connectivity index (χ1v) is 12.0. The molecule has 23 heavy (non-hydrogen) atoms. The molecule has 1 rings (SSSR count). The molecule has 2 atom stereocenters. The minimum Gasteiger partial charge on any atom is -0.480 e. The van der Waals surface area contributed by atoms with Gasteiger partial charge in [0, 0.05) is 52.6 Å². The second kappa shape index (κ2) is 8.72. The SMILES string of the molecule is CP(=O)(O)CN1CCN(CC(=O)O)CCN(CP(C)(=O)O)CC1. The predicted molar refractivity (Wildman–Crippen MR) is 88.5 cm³/mol. The Hall–Kier alpha value is -0.270. The Morgan fingerprint density at radius 3 is 1.39 bits per heavy atom. The molecule has 0 aromatic rings. The number of carbonyl (C=O) groups is 1. The number of carboxylic acids is 1. The van der Waals surface area contributed by atoms with E-state index in [9.17, 15) is 23.7 Å². The molecule has 0 aliphatic carbocycles. The quantitative estimate of drug-likeness (QED) is 0.541. The van der Waals surface area contributed by atoms with E-state index in [4.69, 9.17) is 5.11 Å². The summed E-state index contributed by atoms with van der Waals surface area (Å²) in [6.07, 6.45) is 0.0648. The molecule has 0 saturated carbocycles. The van der Waals surface area contributed by atoms with Crippen molar-refractivity contribution in [2.24, 2.45) is 0 Å². The molecular weight excluding hydrogens is 344 g/mol. The van der Waals surface area contributed by atoms with Crippen LogP contribution in [0.15, 0.2) is 0 Å². The Morgan fingerprint density at radius 2 is 1.13 bits per heavy atom. The van der Waals surface area contributed by atoms with E-state index in [2.05, 4.69) is 0 Å². The number of hydrogen-bond donors (Lipinski definition) is 3. The Kier molecular flexibility index (Phi) is 7.87. The van der Waals surface area contributed by atoms with Gasteiger partial charge in [0.15, 0.2) is 0 Å². The summed E-state index contributed by atoms with van der Waals surface area (Å²) in [6.45, 7) is 5.39. The van der Waals surface area contributed by atoms with Gasteiger partial charge in [-0.25, -0.2) is 0 Å². The highest BCUT2D eigenvalue weighted by molar-refractivity contribution is 7.57. The average molecular weight is 371 g/mol. The summed E-state index contributed by atoms with van der Waals surface area (Å²) >= 11 is 0.